The molecule has 0 bridgehead atoms. The molecule has 1 aromatic rings. The zero-order valence-corrected chi connectivity index (χ0v) is 9.04. The fraction of sp³-hybridized carbons (Fsp3) is 0.167. The highest BCUT2D eigenvalue weighted by molar-refractivity contribution is 6.15. The van der Waals surface area contributed by atoms with Gasteiger partial charge in [-0.05, 0) is 23.8 Å². The molecule has 2 amide bonds. The lowest BCUT2D eigenvalue weighted by Crippen LogP contribution is -2.19. The van der Waals surface area contributed by atoms with Gasteiger partial charge in [-0.15, -0.1) is 0 Å². The Bertz CT molecular complexity index is 546. The first-order valence-electron chi connectivity index (χ1n) is 5.08. The van der Waals surface area contributed by atoms with E-state index in [0.717, 1.165) is 12.1 Å². The molecule has 0 spiro atoms. The summed E-state index contributed by atoms with van der Waals surface area (Å²) in [6.45, 7) is 0. The molecule has 1 aliphatic rings. The van der Waals surface area contributed by atoms with Gasteiger partial charge < -0.3 is 0 Å². The monoisotopic (exact) mass is 255 g/mol. The van der Waals surface area contributed by atoms with Gasteiger partial charge in [0.15, 0.2) is 0 Å². The van der Waals surface area contributed by atoms with Crippen LogP contribution in [0, 0.1) is 0 Å². The molecule has 1 heterocycles. The highest BCUT2D eigenvalue weighted by Crippen LogP contribution is 2.30. The molecule has 18 heavy (non-hydrogen) atoms. The predicted octanol–water partition coefficient (Wildman–Crippen LogP) is 2.14. The normalized spacial score (nSPS) is 18.3. The highest BCUT2D eigenvalue weighted by atomic mass is 19.4. The Morgan fingerprint density at radius 1 is 1.22 bits per heavy atom. The molecule has 1 saturated heterocycles. The SMILES string of the molecule is O=C1C/C(=C\c2cccc(C(F)(F)F)c2)C(=O)N1. The maximum absolute atomic E-state index is 12.5. The molecule has 1 fully saturated rings. The maximum atomic E-state index is 12.5. The molecule has 94 valence electrons. The van der Waals surface area contributed by atoms with Crippen LogP contribution in [0.15, 0.2) is 29.8 Å². The summed E-state index contributed by atoms with van der Waals surface area (Å²) in [6, 6.07) is 4.58. The molecule has 6 heteroatoms. The standard InChI is InChI=1S/C12H8F3NO2/c13-12(14,15)9-3-1-2-7(5-9)4-8-6-10(17)16-11(8)18/h1-5H,6H2,(H,16,17,18)/b8-4+. The third-order valence-corrected chi connectivity index (χ3v) is 2.45. The first kappa shape index (κ1) is 12.3. The number of halogens is 3. The summed E-state index contributed by atoms with van der Waals surface area (Å²) in [5.74, 6) is -1.00. The van der Waals surface area contributed by atoms with Crippen LogP contribution < -0.4 is 5.32 Å². The quantitative estimate of drug-likeness (QED) is 0.617. The minimum atomic E-state index is -4.43. The van der Waals surface area contributed by atoms with Gasteiger partial charge in [0.2, 0.25) is 5.91 Å². The van der Waals surface area contributed by atoms with Crippen molar-refractivity contribution in [1.29, 1.82) is 0 Å². The summed E-state index contributed by atoms with van der Waals surface area (Å²) in [5.41, 5.74) is -0.384. The van der Waals surface area contributed by atoms with Crippen LogP contribution in [0.1, 0.15) is 17.5 Å². The zero-order chi connectivity index (χ0) is 13.3. The topological polar surface area (TPSA) is 46.2 Å². The lowest BCUT2D eigenvalue weighted by atomic mass is 10.1. The number of carbonyl (C=O) groups excluding carboxylic acids is 2. The van der Waals surface area contributed by atoms with Gasteiger partial charge in [0.1, 0.15) is 0 Å². The Labute approximate surface area is 100 Å². The second kappa shape index (κ2) is 4.29. The third-order valence-electron chi connectivity index (χ3n) is 2.45. The van der Waals surface area contributed by atoms with Gasteiger partial charge in [0.25, 0.3) is 5.91 Å². The van der Waals surface area contributed by atoms with Crippen LogP contribution in [-0.4, -0.2) is 11.8 Å². The van der Waals surface area contributed by atoms with Crippen LogP contribution in [0.4, 0.5) is 13.2 Å². The van der Waals surface area contributed by atoms with Crippen molar-refractivity contribution in [1.82, 2.24) is 5.32 Å². The lowest BCUT2D eigenvalue weighted by Gasteiger charge is -2.06. The average Bonchev–Trinajstić information content (AvgIpc) is 2.56. The Hall–Kier alpha value is -2.11. The summed E-state index contributed by atoms with van der Waals surface area (Å²) < 4.78 is 37.4. The molecular formula is C12H8F3NO2. The van der Waals surface area contributed by atoms with Crippen molar-refractivity contribution < 1.29 is 22.8 Å². The van der Waals surface area contributed by atoms with Crippen molar-refractivity contribution in [2.24, 2.45) is 0 Å². The number of imide groups is 1. The van der Waals surface area contributed by atoms with Crippen molar-refractivity contribution in [2.75, 3.05) is 0 Å². The fourth-order valence-corrected chi connectivity index (χ4v) is 1.63. The van der Waals surface area contributed by atoms with Crippen molar-refractivity contribution >= 4 is 17.9 Å². The van der Waals surface area contributed by atoms with E-state index in [1.807, 2.05) is 0 Å². The number of hydrogen-bond donors (Lipinski definition) is 1. The van der Waals surface area contributed by atoms with Crippen LogP contribution in [-0.2, 0) is 15.8 Å². The van der Waals surface area contributed by atoms with Crippen LogP contribution in [0.3, 0.4) is 0 Å². The van der Waals surface area contributed by atoms with E-state index in [1.54, 1.807) is 0 Å². The third kappa shape index (κ3) is 2.58. The second-order valence-corrected chi connectivity index (χ2v) is 3.85. The van der Waals surface area contributed by atoms with Gasteiger partial charge in [0.05, 0.1) is 12.0 Å². The smallest absolute Gasteiger partial charge is 0.292 e. The molecule has 0 aromatic heterocycles. The molecule has 1 aromatic carbocycles. The van der Waals surface area contributed by atoms with Crippen LogP contribution in [0.2, 0.25) is 0 Å². The Kier molecular flexibility index (Phi) is 2.94. The molecule has 0 radical (unpaired) electrons. The van der Waals surface area contributed by atoms with Crippen molar-refractivity contribution in [3.8, 4) is 0 Å². The van der Waals surface area contributed by atoms with Crippen molar-refractivity contribution in [2.45, 2.75) is 12.6 Å². The minimum Gasteiger partial charge on any atom is -0.292 e. The first-order chi connectivity index (χ1) is 8.36. The Morgan fingerprint density at radius 3 is 2.50 bits per heavy atom. The Balaban J connectivity index is 2.33. The van der Waals surface area contributed by atoms with Crippen LogP contribution in [0.25, 0.3) is 6.08 Å². The van der Waals surface area contributed by atoms with Crippen LogP contribution in [0.5, 0.6) is 0 Å². The largest absolute Gasteiger partial charge is 0.416 e. The van der Waals surface area contributed by atoms with Crippen molar-refractivity contribution in [3.05, 3.63) is 41.0 Å². The number of amides is 2. The van der Waals surface area contributed by atoms with Crippen molar-refractivity contribution in [3.63, 3.8) is 0 Å². The van der Waals surface area contributed by atoms with E-state index in [4.69, 9.17) is 0 Å². The summed E-state index contributed by atoms with van der Waals surface area (Å²) in [6.07, 6.45) is -3.24. The van der Waals surface area contributed by atoms with Gasteiger partial charge in [0, 0.05) is 5.57 Å². The van der Waals surface area contributed by atoms with E-state index in [1.165, 1.54) is 18.2 Å². The Morgan fingerprint density at radius 2 is 1.94 bits per heavy atom. The van der Waals surface area contributed by atoms with Gasteiger partial charge >= 0.3 is 6.18 Å². The zero-order valence-electron chi connectivity index (χ0n) is 9.04. The van der Waals surface area contributed by atoms with E-state index in [2.05, 4.69) is 5.32 Å². The van der Waals surface area contributed by atoms with Gasteiger partial charge in [-0.1, -0.05) is 12.1 Å². The summed E-state index contributed by atoms with van der Waals surface area (Å²) in [4.78, 5) is 22.2. The van der Waals surface area contributed by atoms with Gasteiger partial charge in [-0.3, -0.25) is 14.9 Å². The molecule has 2 rings (SSSR count). The maximum Gasteiger partial charge on any atom is 0.416 e. The summed E-state index contributed by atoms with van der Waals surface area (Å²) in [7, 11) is 0. The number of benzene rings is 1. The molecule has 0 saturated carbocycles. The second-order valence-electron chi connectivity index (χ2n) is 3.85. The van der Waals surface area contributed by atoms with E-state index in [9.17, 15) is 22.8 Å². The molecule has 0 unspecified atom stereocenters. The molecule has 0 atom stereocenters. The van der Waals surface area contributed by atoms with Gasteiger partial charge in [-0.2, -0.15) is 13.2 Å². The summed E-state index contributed by atoms with van der Waals surface area (Å²) >= 11 is 0. The number of alkyl halides is 3. The highest BCUT2D eigenvalue weighted by Gasteiger charge is 2.30. The van der Waals surface area contributed by atoms with E-state index in [0.29, 0.717) is 0 Å². The van der Waals surface area contributed by atoms with Gasteiger partial charge in [-0.25, -0.2) is 0 Å². The number of hydrogen-bond acceptors (Lipinski definition) is 2. The van der Waals surface area contributed by atoms with E-state index in [-0.39, 0.29) is 17.6 Å². The average molecular weight is 255 g/mol. The number of nitrogens with one attached hydrogen (secondary N) is 1. The minimum absolute atomic E-state index is 0.102. The number of carbonyl (C=O) groups is 2. The molecule has 3 nitrogen and oxygen atoms in total. The lowest BCUT2D eigenvalue weighted by molar-refractivity contribution is -0.137. The fourth-order valence-electron chi connectivity index (χ4n) is 1.63. The molecule has 0 aliphatic carbocycles. The molecular weight excluding hydrogens is 247 g/mol. The molecule has 1 aliphatic heterocycles. The van der Waals surface area contributed by atoms with E-state index < -0.39 is 23.6 Å². The van der Waals surface area contributed by atoms with Crippen LogP contribution >= 0.6 is 0 Å². The van der Waals surface area contributed by atoms with E-state index >= 15 is 0 Å². The summed E-state index contributed by atoms with van der Waals surface area (Å²) in [5, 5.41) is 2.06. The predicted molar refractivity (Wildman–Crippen MR) is 57.2 cm³/mol. The number of rotatable bonds is 1. The molecule has 1 N–H and O–H groups in total. The first-order valence-corrected chi connectivity index (χ1v) is 5.08.